The minimum atomic E-state index is -4.89. The second-order valence-corrected chi connectivity index (χ2v) is 6.39. The number of fused-ring (bicyclic) bond motifs is 2. The number of rotatable bonds is 0. The number of carbonyl (C=O) groups is 1. The highest BCUT2D eigenvalue weighted by Crippen LogP contribution is 2.63. The fourth-order valence-electron chi connectivity index (χ4n) is 2.90. The van der Waals surface area contributed by atoms with Crippen LogP contribution in [0.1, 0.15) is 40.0 Å². The van der Waals surface area contributed by atoms with Crippen LogP contribution in [-0.2, 0) is 9.36 Å². The highest BCUT2D eigenvalue weighted by atomic mass is 31.2. The van der Waals surface area contributed by atoms with E-state index in [1.165, 1.54) is 6.42 Å². The number of carbonyl (C=O) groups excluding carboxylic acids is 1. The predicted octanol–water partition coefficient (Wildman–Crippen LogP) is 1.22. The van der Waals surface area contributed by atoms with E-state index in [2.05, 4.69) is 20.8 Å². The molecule has 2 fully saturated rings. The maximum Gasteiger partial charge on any atom is 0.262 e. The molecule has 2 bridgehead atoms. The summed E-state index contributed by atoms with van der Waals surface area (Å²) in [5, 5.41) is 0. The maximum atomic E-state index is 11.6. The van der Waals surface area contributed by atoms with Crippen molar-refractivity contribution in [2.45, 2.75) is 40.0 Å². The molecule has 0 saturated heterocycles. The Morgan fingerprint density at radius 1 is 1.35 bits per heavy atom. The lowest BCUT2D eigenvalue weighted by Crippen LogP contribution is -2.32. The van der Waals surface area contributed by atoms with Crippen molar-refractivity contribution >= 4 is 13.6 Å². The predicted molar refractivity (Wildman–Crippen MR) is 62.3 cm³/mol. The van der Waals surface area contributed by atoms with Gasteiger partial charge in [-0.3, -0.25) is 9.36 Å². The summed E-state index contributed by atoms with van der Waals surface area (Å²) in [6.45, 7) is 6.67. The molecule has 1 unspecified atom stereocenters. The van der Waals surface area contributed by atoms with Crippen molar-refractivity contribution in [3.63, 3.8) is 0 Å². The number of phosphoric acid groups is 1. The minimum absolute atomic E-state index is 0. The fourth-order valence-corrected chi connectivity index (χ4v) is 2.90. The summed E-state index contributed by atoms with van der Waals surface area (Å²) < 4.78 is 8.77. The zero-order valence-corrected chi connectivity index (χ0v) is 11.7. The molecular weight excluding hydrogens is 245 g/mol. The van der Waals surface area contributed by atoms with Gasteiger partial charge in [-0.05, 0) is 24.2 Å². The van der Waals surface area contributed by atoms with Crippen molar-refractivity contribution < 1.29 is 24.0 Å². The Morgan fingerprint density at radius 2 is 1.76 bits per heavy atom. The molecule has 2 aliphatic carbocycles. The van der Waals surface area contributed by atoms with Crippen molar-refractivity contribution in [3.05, 3.63) is 0 Å². The SMILES string of the molecule is CC1(C)C2CC[C@@]1(C)C(=O)C2.O=P([O-])(O)O.[NH4+]. The molecule has 0 heterocycles. The zero-order chi connectivity index (χ0) is 12.8. The van der Waals surface area contributed by atoms with Crippen LogP contribution < -0.4 is 11.0 Å². The molecule has 6 nitrogen and oxygen atoms in total. The molecule has 0 radical (unpaired) electrons. The Bertz CT molecular complexity index is 342. The van der Waals surface area contributed by atoms with Gasteiger partial charge in [0, 0.05) is 11.8 Å². The summed E-state index contributed by atoms with van der Waals surface area (Å²) in [5.41, 5.74) is 0.307. The molecule has 0 aromatic carbocycles. The number of quaternary nitrogens is 1. The van der Waals surface area contributed by atoms with Gasteiger partial charge in [0.1, 0.15) is 5.78 Å². The number of hydrogen-bond acceptors (Lipinski definition) is 3. The van der Waals surface area contributed by atoms with E-state index in [1.54, 1.807) is 0 Å². The Labute approximate surface area is 101 Å². The highest BCUT2D eigenvalue weighted by Gasteiger charge is 2.61. The average molecular weight is 267 g/mol. The van der Waals surface area contributed by atoms with Gasteiger partial charge in [-0.25, -0.2) is 0 Å². The van der Waals surface area contributed by atoms with Gasteiger partial charge in [-0.1, -0.05) is 20.8 Å². The first-order valence-corrected chi connectivity index (χ1v) is 6.81. The topological polar surface area (TPSA) is 134 Å². The quantitative estimate of drug-likeness (QED) is 0.567. The van der Waals surface area contributed by atoms with Crippen LogP contribution in [0.25, 0.3) is 0 Å². The summed E-state index contributed by atoms with van der Waals surface area (Å²) in [7, 11) is -4.89. The van der Waals surface area contributed by atoms with E-state index in [9.17, 15) is 4.79 Å². The van der Waals surface area contributed by atoms with E-state index in [1.807, 2.05) is 0 Å². The van der Waals surface area contributed by atoms with Crippen molar-refractivity contribution in [1.29, 1.82) is 0 Å². The Hall–Kier alpha value is -0.260. The van der Waals surface area contributed by atoms with Crippen LogP contribution in [0.2, 0.25) is 0 Å². The van der Waals surface area contributed by atoms with E-state index in [-0.39, 0.29) is 17.0 Å². The molecule has 2 rings (SSSR count). The third-order valence-corrected chi connectivity index (χ3v) is 4.48. The molecule has 0 amide bonds. The molecule has 0 spiro atoms. The Morgan fingerprint density at radius 3 is 1.88 bits per heavy atom. The Balaban J connectivity index is 0.000000373. The standard InChI is InChI=1S/C10H16O.H3N.H3O4P/c1-9(2)7-4-5-10(9,3)8(11)6-7;;1-5(2,3)4/h7H,4-6H2,1-3H3;1H3;(H3,1,2,3,4)/t7?,10-;;/m0../s1. The molecule has 0 aliphatic heterocycles. The van der Waals surface area contributed by atoms with Crippen molar-refractivity contribution in [2.24, 2.45) is 16.7 Å². The summed E-state index contributed by atoms with van der Waals surface area (Å²) in [6, 6.07) is 0. The van der Waals surface area contributed by atoms with E-state index in [0.717, 1.165) is 12.8 Å². The van der Waals surface area contributed by atoms with Crippen molar-refractivity contribution in [3.8, 4) is 0 Å². The maximum absolute atomic E-state index is 11.6. The van der Waals surface area contributed by atoms with Gasteiger partial charge in [0.2, 0.25) is 0 Å². The lowest BCUT2D eigenvalue weighted by Gasteiger charge is -2.32. The van der Waals surface area contributed by atoms with Crippen LogP contribution in [0.5, 0.6) is 0 Å². The summed E-state index contributed by atoms with van der Waals surface area (Å²) in [6.07, 6.45) is 3.25. The summed E-state index contributed by atoms with van der Waals surface area (Å²) in [5.74, 6) is 1.19. The zero-order valence-electron chi connectivity index (χ0n) is 10.8. The molecule has 0 aromatic rings. The van der Waals surface area contributed by atoms with Crippen LogP contribution in [0.4, 0.5) is 0 Å². The van der Waals surface area contributed by atoms with Gasteiger partial charge < -0.3 is 20.8 Å². The third kappa shape index (κ3) is 3.14. The number of Topliss-reactive ketones (excluding diaryl/α,β-unsaturated/α-hetero) is 1. The molecular formula is C10H22NO5P. The largest absolute Gasteiger partial charge is 0.756 e. The van der Waals surface area contributed by atoms with Gasteiger partial charge in [-0.15, -0.1) is 0 Å². The lowest BCUT2D eigenvalue weighted by molar-refractivity contribution is -0.214. The van der Waals surface area contributed by atoms with Gasteiger partial charge in [0.25, 0.3) is 7.82 Å². The second kappa shape index (κ2) is 4.78. The van der Waals surface area contributed by atoms with E-state index < -0.39 is 7.82 Å². The van der Waals surface area contributed by atoms with Crippen molar-refractivity contribution in [2.75, 3.05) is 0 Å². The van der Waals surface area contributed by atoms with Crippen molar-refractivity contribution in [1.82, 2.24) is 6.15 Å². The van der Waals surface area contributed by atoms with Crippen LogP contribution in [0.15, 0.2) is 0 Å². The minimum Gasteiger partial charge on any atom is -0.756 e. The average Bonchev–Trinajstić information content (AvgIpc) is 2.33. The first-order valence-electron chi connectivity index (χ1n) is 5.28. The van der Waals surface area contributed by atoms with Crippen LogP contribution in [0.3, 0.4) is 0 Å². The number of hydrogen-bond donors (Lipinski definition) is 3. The van der Waals surface area contributed by atoms with Gasteiger partial charge in [0.15, 0.2) is 0 Å². The monoisotopic (exact) mass is 267 g/mol. The van der Waals surface area contributed by atoms with Gasteiger partial charge in [-0.2, -0.15) is 0 Å². The highest BCUT2D eigenvalue weighted by molar-refractivity contribution is 7.43. The third-order valence-electron chi connectivity index (χ3n) is 4.48. The Kier molecular flexibility index (Phi) is 4.71. The molecule has 0 aromatic heterocycles. The second-order valence-electron chi connectivity index (χ2n) is 5.41. The lowest BCUT2D eigenvalue weighted by atomic mass is 9.70. The molecule has 2 saturated carbocycles. The van der Waals surface area contributed by atoms with E-state index >= 15 is 0 Å². The summed E-state index contributed by atoms with van der Waals surface area (Å²) in [4.78, 5) is 34.5. The first kappa shape index (κ1) is 16.7. The van der Waals surface area contributed by atoms with E-state index in [0.29, 0.717) is 11.7 Å². The first-order chi connectivity index (χ1) is 6.98. The molecule has 6 N–H and O–H groups in total. The fraction of sp³-hybridized carbons (Fsp3) is 0.900. The summed E-state index contributed by atoms with van der Waals surface area (Å²) >= 11 is 0. The van der Waals surface area contributed by atoms with Crippen LogP contribution in [-0.4, -0.2) is 15.6 Å². The number of ketones is 1. The molecule has 2 aliphatic rings. The van der Waals surface area contributed by atoms with Gasteiger partial charge in [0.05, 0.1) is 0 Å². The molecule has 17 heavy (non-hydrogen) atoms. The van der Waals surface area contributed by atoms with Crippen LogP contribution >= 0.6 is 7.82 Å². The van der Waals surface area contributed by atoms with E-state index in [4.69, 9.17) is 19.2 Å². The van der Waals surface area contributed by atoms with Crippen LogP contribution in [0, 0.1) is 16.7 Å². The smallest absolute Gasteiger partial charge is 0.262 e. The molecule has 2 atom stereocenters. The molecule has 102 valence electrons. The van der Waals surface area contributed by atoms with Gasteiger partial charge >= 0.3 is 0 Å². The molecule has 7 heteroatoms. The normalized spacial score (nSPS) is 33.8.